The van der Waals surface area contributed by atoms with Gasteiger partial charge in [-0.2, -0.15) is 4.89 Å². The number of ether oxygens (including phenoxy) is 1. The van der Waals surface area contributed by atoms with Crippen LogP contribution >= 0.6 is 0 Å². The maximum atomic E-state index is 11.8. The molecule has 0 spiro atoms. The molecule has 0 radical (unpaired) electrons. The van der Waals surface area contributed by atoms with Gasteiger partial charge >= 0.3 is 11.9 Å². The Balaban J connectivity index is 4.12. The van der Waals surface area contributed by atoms with E-state index >= 15 is 0 Å². The lowest BCUT2D eigenvalue weighted by molar-refractivity contribution is -0.329. The van der Waals surface area contributed by atoms with Crippen LogP contribution in [-0.2, 0) is 33.7 Å². The number of carbonyl (C=O) groups excluding carboxylic acids is 4. The first-order chi connectivity index (χ1) is 13.6. The molecule has 0 aliphatic carbocycles. The van der Waals surface area contributed by atoms with E-state index in [4.69, 9.17) is 24.7 Å². The minimum atomic E-state index is -0.951. The summed E-state index contributed by atoms with van der Waals surface area (Å²) in [6.07, 6.45) is -0.759. The predicted octanol–water partition coefficient (Wildman–Crippen LogP) is -0.661. The van der Waals surface area contributed by atoms with Crippen LogP contribution in [0.1, 0.15) is 52.9 Å². The van der Waals surface area contributed by atoms with Crippen LogP contribution in [0.2, 0.25) is 0 Å². The average molecular weight is 420 g/mol. The fourth-order valence-corrected chi connectivity index (χ4v) is 2.25. The summed E-state index contributed by atoms with van der Waals surface area (Å²) in [5.74, 6) is -2.03. The Bertz CT molecular complexity index is 537. The summed E-state index contributed by atoms with van der Waals surface area (Å²) in [7, 11) is 0. The van der Waals surface area contributed by atoms with Gasteiger partial charge in [-0.25, -0.2) is 4.79 Å². The zero-order chi connectivity index (χ0) is 22.3. The van der Waals surface area contributed by atoms with Gasteiger partial charge in [0.25, 0.3) is 0 Å². The molecule has 168 valence electrons. The smallest absolute Gasteiger partial charge is 0.342 e. The summed E-state index contributed by atoms with van der Waals surface area (Å²) in [6, 6.07) is 0. The number of amides is 2. The van der Waals surface area contributed by atoms with E-state index in [9.17, 15) is 19.2 Å². The first-order valence-electron chi connectivity index (χ1n) is 9.42. The van der Waals surface area contributed by atoms with Crippen molar-refractivity contribution in [3.05, 3.63) is 0 Å². The fraction of sp³-hybridized carbons (Fsp3) is 0.778. The van der Waals surface area contributed by atoms with Crippen LogP contribution < -0.4 is 10.6 Å². The topological polar surface area (TPSA) is 160 Å². The molecule has 0 aliphatic heterocycles. The van der Waals surface area contributed by atoms with Crippen LogP contribution in [0.4, 0.5) is 0 Å². The van der Waals surface area contributed by atoms with Crippen molar-refractivity contribution in [2.75, 3.05) is 26.3 Å². The molecule has 0 saturated carbocycles. The van der Waals surface area contributed by atoms with Crippen LogP contribution in [0.5, 0.6) is 0 Å². The molecule has 0 rings (SSSR count). The number of hydrogen-bond acceptors (Lipinski definition) is 9. The van der Waals surface area contributed by atoms with Gasteiger partial charge in [0.05, 0.1) is 26.1 Å². The van der Waals surface area contributed by atoms with E-state index in [1.54, 1.807) is 20.8 Å². The Morgan fingerprint density at radius 1 is 0.862 bits per heavy atom. The highest BCUT2D eigenvalue weighted by Gasteiger charge is 2.27. The molecule has 2 amide bonds. The summed E-state index contributed by atoms with van der Waals surface area (Å²) in [5, 5.41) is 22.0. The maximum absolute atomic E-state index is 11.8. The van der Waals surface area contributed by atoms with Crippen molar-refractivity contribution in [1.82, 2.24) is 10.6 Å². The Hall–Kier alpha value is -2.24. The monoisotopic (exact) mass is 420 g/mol. The first-order valence-corrected chi connectivity index (χ1v) is 9.42. The number of esters is 1. The van der Waals surface area contributed by atoms with E-state index in [2.05, 4.69) is 10.6 Å². The van der Waals surface area contributed by atoms with E-state index in [-0.39, 0.29) is 70.2 Å². The minimum absolute atomic E-state index is 0.0467. The molecular weight excluding hydrogens is 388 g/mol. The summed E-state index contributed by atoms with van der Waals surface area (Å²) < 4.78 is 5.20. The molecular formula is C18H32N2O9. The molecule has 0 aromatic heterocycles. The third-order valence-corrected chi connectivity index (χ3v) is 3.45. The molecule has 11 nitrogen and oxygen atoms in total. The van der Waals surface area contributed by atoms with Crippen molar-refractivity contribution in [3.63, 3.8) is 0 Å². The Morgan fingerprint density at radius 3 is 1.83 bits per heavy atom. The molecule has 0 aromatic rings. The summed E-state index contributed by atoms with van der Waals surface area (Å²) >= 11 is 0. The van der Waals surface area contributed by atoms with Crippen molar-refractivity contribution in [1.29, 1.82) is 0 Å². The van der Waals surface area contributed by atoms with Crippen molar-refractivity contribution < 1.29 is 43.9 Å². The fourth-order valence-electron chi connectivity index (χ4n) is 2.25. The standard InChI is InChI=1S/C18H32N2O9/c1-13(27-16(25)6-4-14(23)19-8-10-21)12-18(2,3)29-28-17(26)7-5-15(24)20-9-11-22/h13,21-22H,4-12H2,1-3H3,(H,19,23)(H,20,24). The minimum Gasteiger partial charge on any atom is -0.463 e. The second kappa shape index (κ2) is 14.7. The zero-order valence-corrected chi connectivity index (χ0v) is 17.2. The molecule has 11 heteroatoms. The Labute approximate surface area is 170 Å². The lowest BCUT2D eigenvalue weighted by atomic mass is 10.0. The van der Waals surface area contributed by atoms with Gasteiger partial charge in [0, 0.05) is 32.4 Å². The Kier molecular flexibility index (Phi) is 13.6. The SMILES string of the molecule is CC(CC(C)(C)OOC(=O)CCC(=O)NCCO)OC(=O)CCC(=O)NCCO. The molecule has 0 fully saturated rings. The summed E-state index contributed by atoms with van der Waals surface area (Å²) in [4.78, 5) is 55.9. The van der Waals surface area contributed by atoms with Crippen LogP contribution in [0.15, 0.2) is 0 Å². The summed E-state index contributed by atoms with van der Waals surface area (Å²) in [6.45, 7) is 4.80. The van der Waals surface area contributed by atoms with Gasteiger partial charge in [0.15, 0.2) is 0 Å². The third kappa shape index (κ3) is 15.4. The number of nitrogens with one attached hydrogen (secondary N) is 2. The predicted molar refractivity (Wildman–Crippen MR) is 100 cm³/mol. The third-order valence-electron chi connectivity index (χ3n) is 3.45. The van der Waals surface area contributed by atoms with E-state index < -0.39 is 23.6 Å². The zero-order valence-electron chi connectivity index (χ0n) is 17.2. The van der Waals surface area contributed by atoms with Gasteiger partial charge in [-0.1, -0.05) is 0 Å². The number of aliphatic hydroxyl groups is 2. The normalized spacial score (nSPS) is 12.0. The van der Waals surface area contributed by atoms with E-state index in [1.165, 1.54) is 0 Å². The van der Waals surface area contributed by atoms with E-state index in [1.807, 2.05) is 0 Å². The van der Waals surface area contributed by atoms with E-state index in [0.29, 0.717) is 0 Å². The van der Waals surface area contributed by atoms with Gasteiger partial charge in [0.2, 0.25) is 11.8 Å². The number of rotatable bonds is 15. The second-order valence-corrected chi connectivity index (χ2v) is 6.95. The van der Waals surface area contributed by atoms with Gasteiger partial charge in [-0.05, 0) is 20.8 Å². The summed E-state index contributed by atoms with van der Waals surface area (Å²) in [5.41, 5.74) is -0.951. The molecule has 29 heavy (non-hydrogen) atoms. The molecule has 0 saturated heterocycles. The van der Waals surface area contributed by atoms with Gasteiger partial charge in [0.1, 0.15) is 11.7 Å². The number of aliphatic hydroxyl groups excluding tert-OH is 2. The van der Waals surface area contributed by atoms with Crippen LogP contribution in [0, 0.1) is 0 Å². The van der Waals surface area contributed by atoms with Crippen molar-refractivity contribution in [2.45, 2.75) is 64.6 Å². The number of carbonyl (C=O) groups is 4. The highest BCUT2D eigenvalue weighted by molar-refractivity contribution is 5.81. The molecule has 4 N–H and O–H groups in total. The van der Waals surface area contributed by atoms with Gasteiger partial charge < -0.3 is 25.6 Å². The molecule has 0 heterocycles. The molecule has 1 unspecified atom stereocenters. The molecule has 0 aromatic carbocycles. The highest BCUT2D eigenvalue weighted by Crippen LogP contribution is 2.20. The van der Waals surface area contributed by atoms with Gasteiger partial charge in [-0.3, -0.25) is 19.3 Å². The van der Waals surface area contributed by atoms with E-state index in [0.717, 1.165) is 0 Å². The quantitative estimate of drug-likeness (QED) is 0.153. The van der Waals surface area contributed by atoms with Crippen LogP contribution in [0.3, 0.4) is 0 Å². The second-order valence-electron chi connectivity index (χ2n) is 6.95. The Morgan fingerprint density at radius 2 is 1.34 bits per heavy atom. The van der Waals surface area contributed by atoms with Crippen LogP contribution in [-0.4, -0.2) is 72.0 Å². The van der Waals surface area contributed by atoms with Crippen molar-refractivity contribution in [3.8, 4) is 0 Å². The number of hydrogen-bond donors (Lipinski definition) is 4. The first kappa shape index (κ1) is 26.8. The van der Waals surface area contributed by atoms with Crippen LogP contribution in [0.25, 0.3) is 0 Å². The van der Waals surface area contributed by atoms with Crippen molar-refractivity contribution in [2.24, 2.45) is 0 Å². The lowest BCUT2D eigenvalue weighted by Crippen LogP contribution is -2.33. The maximum Gasteiger partial charge on any atom is 0.342 e. The molecule has 1 atom stereocenters. The molecule has 0 aliphatic rings. The van der Waals surface area contributed by atoms with Crippen molar-refractivity contribution >= 4 is 23.8 Å². The largest absolute Gasteiger partial charge is 0.463 e. The average Bonchev–Trinajstić information content (AvgIpc) is 2.65. The molecule has 0 bridgehead atoms. The van der Waals surface area contributed by atoms with Gasteiger partial charge in [-0.15, -0.1) is 0 Å². The highest BCUT2D eigenvalue weighted by atomic mass is 17.2. The lowest BCUT2D eigenvalue weighted by Gasteiger charge is -2.26.